The van der Waals surface area contributed by atoms with Gasteiger partial charge >= 0.3 is 5.97 Å². The molecule has 4 heteroatoms. The molecule has 0 unspecified atom stereocenters. The van der Waals surface area contributed by atoms with Crippen molar-refractivity contribution in [3.63, 3.8) is 0 Å². The lowest BCUT2D eigenvalue weighted by Gasteiger charge is -2.07. The lowest BCUT2D eigenvalue weighted by Crippen LogP contribution is -2.07. The molecule has 0 aliphatic carbocycles. The molecule has 3 nitrogen and oxygen atoms in total. The van der Waals surface area contributed by atoms with Crippen LogP contribution in [-0.4, -0.2) is 13.1 Å². The van der Waals surface area contributed by atoms with Gasteiger partial charge < -0.3 is 4.74 Å². The number of ether oxygens (including phenoxy) is 1. The first kappa shape index (κ1) is 13.0. The minimum Gasteiger partial charge on any atom is -0.469 e. The van der Waals surface area contributed by atoms with Gasteiger partial charge in [-0.25, -0.2) is 0 Å². The summed E-state index contributed by atoms with van der Waals surface area (Å²) in [6, 6.07) is 5.89. The summed E-state index contributed by atoms with van der Waals surface area (Å²) in [5, 5.41) is 8.95. The number of rotatable bonds is 3. The Morgan fingerprint density at radius 3 is 2.69 bits per heavy atom. The number of nitrogens with zero attached hydrogens (tertiary/aromatic N) is 1. The summed E-state index contributed by atoms with van der Waals surface area (Å²) < 4.78 is 5.56. The molecule has 0 atom stereocenters. The molecule has 0 saturated heterocycles. The van der Waals surface area contributed by atoms with Gasteiger partial charge in [0.15, 0.2) is 0 Å². The van der Waals surface area contributed by atoms with E-state index in [4.69, 9.17) is 5.26 Å². The average molecular weight is 329 g/mol. The molecule has 0 radical (unpaired) electrons. The quantitative estimate of drug-likeness (QED) is 0.632. The monoisotopic (exact) mass is 329 g/mol. The zero-order chi connectivity index (χ0) is 12.1. The molecule has 0 fully saturated rings. The van der Waals surface area contributed by atoms with E-state index in [1.807, 2.05) is 19.1 Å². The van der Waals surface area contributed by atoms with Crippen LogP contribution in [0, 0.1) is 14.9 Å². The van der Waals surface area contributed by atoms with E-state index in [0.717, 1.165) is 21.1 Å². The van der Waals surface area contributed by atoms with Gasteiger partial charge in [-0.3, -0.25) is 4.79 Å². The molecular weight excluding hydrogens is 317 g/mol. The van der Waals surface area contributed by atoms with Crippen molar-refractivity contribution in [3.8, 4) is 6.07 Å². The largest absolute Gasteiger partial charge is 0.469 e. The summed E-state index contributed by atoms with van der Waals surface area (Å²) >= 11 is 2.13. The maximum atomic E-state index is 11.2. The molecule has 0 aliphatic heterocycles. The second-order valence-electron chi connectivity index (χ2n) is 3.32. The van der Waals surface area contributed by atoms with Gasteiger partial charge in [0.2, 0.25) is 0 Å². The smallest absolute Gasteiger partial charge is 0.310 e. The SMILES string of the molecule is CCc1cc(CC(=O)OC)c(I)cc1C#N. The Labute approximate surface area is 109 Å². The summed E-state index contributed by atoms with van der Waals surface area (Å²) in [6.07, 6.45) is 1.04. The van der Waals surface area contributed by atoms with Crippen LogP contribution in [-0.2, 0) is 22.4 Å². The van der Waals surface area contributed by atoms with E-state index in [1.165, 1.54) is 7.11 Å². The Morgan fingerprint density at radius 2 is 2.19 bits per heavy atom. The van der Waals surface area contributed by atoms with Gasteiger partial charge in [-0.05, 0) is 46.2 Å². The third-order valence-electron chi connectivity index (χ3n) is 2.34. The van der Waals surface area contributed by atoms with E-state index in [9.17, 15) is 4.79 Å². The van der Waals surface area contributed by atoms with Crippen LogP contribution in [0.4, 0.5) is 0 Å². The Morgan fingerprint density at radius 1 is 1.50 bits per heavy atom. The van der Waals surface area contributed by atoms with Gasteiger partial charge in [0, 0.05) is 3.57 Å². The first-order chi connectivity index (χ1) is 7.62. The number of nitriles is 1. The number of hydrogen-bond donors (Lipinski definition) is 0. The van der Waals surface area contributed by atoms with Crippen molar-refractivity contribution in [2.45, 2.75) is 19.8 Å². The molecule has 0 spiro atoms. The highest BCUT2D eigenvalue weighted by molar-refractivity contribution is 14.1. The summed E-state index contributed by atoms with van der Waals surface area (Å²) in [6.45, 7) is 1.99. The highest BCUT2D eigenvalue weighted by atomic mass is 127. The molecule has 0 saturated carbocycles. The Balaban J connectivity index is 3.12. The molecule has 84 valence electrons. The molecule has 0 bridgehead atoms. The van der Waals surface area contributed by atoms with Crippen molar-refractivity contribution in [1.29, 1.82) is 5.26 Å². The molecule has 1 aromatic rings. The van der Waals surface area contributed by atoms with E-state index in [-0.39, 0.29) is 12.4 Å². The van der Waals surface area contributed by atoms with Crippen LogP contribution in [0.3, 0.4) is 0 Å². The van der Waals surface area contributed by atoms with Crippen molar-refractivity contribution >= 4 is 28.6 Å². The van der Waals surface area contributed by atoms with Gasteiger partial charge in [-0.1, -0.05) is 13.0 Å². The van der Waals surface area contributed by atoms with Gasteiger partial charge in [-0.2, -0.15) is 5.26 Å². The number of benzene rings is 1. The number of halogens is 1. The molecule has 0 amide bonds. The van der Waals surface area contributed by atoms with Crippen LogP contribution < -0.4 is 0 Å². The van der Waals surface area contributed by atoms with Crippen molar-refractivity contribution in [1.82, 2.24) is 0 Å². The second kappa shape index (κ2) is 5.85. The molecule has 0 N–H and O–H groups in total. The van der Waals surface area contributed by atoms with Gasteiger partial charge in [0.1, 0.15) is 0 Å². The van der Waals surface area contributed by atoms with Crippen molar-refractivity contribution < 1.29 is 9.53 Å². The molecule has 1 aromatic carbocycles. The molecule has 0 aliphatic rings. The minimum atomic E-state index is -0.260. The number of esters is 1. The zero-order valence-corrected chi connectivity index (χ0v) is 11.4. The normalized spacial score (nSPS) is 9.62. The third kappa shape index (κ3) is 2.95. The van der Waals surface area contributed by atoms with Crippen LogP contribution in [0.15, 0.2) is 12.1 Å². The van der Waals surface area contributed by atoms with Crippen LogP contribution in [0.2, 0.25) is 0 Å². The average Bonchev–Trinajstić information content (AvgIpc) is 2.30. The maximum absolute atomic E-state index is 11.2. The van der Waals surface area contributed by atoms with Crippen LogP contribution in [0.1, 0.15) is 23.6 Å². The van der Waals surface area contributed by atoms with Crippen molar-refractivity contribution in [3.05, 3.63) is 32.4 Å². The standard InChI is InChI=1S/C12H12INO2/c1-3-8-4-9(6-12(15)16-2)11(13)5-10(8)7-14/h4-5H,3,6H2,1-2H3. The minimum absolute atomic E-state index is 0.257. The Hall–Kier alpha value is -1.09. The first-order valence-electron chi connectivity index (χ1n) is 4.90. The topological polar surface area (TPSA) is 50.1 Å². The van der Waals surface area contributed by atoms with Crippen molar-refractivity contribution in [2.24, 2.45) is 0 Å². The van der Waals surface area contributed by atoms with Gasteiger partial charge in [0.25, 0.3) is 0 Å². The van der Waals surface area contributed by atoms with Gasteiger partial charge in [-0.15, -0.1) is 0 Å². The molecule has 0 aromatic heterocycles. The fourth-order valence-electron chi connectivity index (χ4n) is 1.43. The summed E-state index contributed by atoms with van der Waals surface area (Å²) in [5.74, 6) is -0.260. The van der Waals surface area contributed by atoms with Crippen LogP contribution in [0.25, 0.3) is 0 Å². The lowest BCUT2D eigenvalue weighted by molar-refractivity contribution is -0.139. The number of aryl methyl sites for hydroxylation is 1. The number of hydrogen-bond acceptors (Lipinski definition) is 3. The molecule has 16 heavy (non-hydrogen) atoms. The third-order valence-corrected chi connectivity index (χ3v) is 3.34. The summed E-state index contributed by atoms with van der Waals surface area (Å²) in [5.41, 5.74) is 2.57. The fraction of sp³-hybridized carbons (Fsp3) is 0.333. The zero-order valence-electron chi connectivity index (χ0n) is 9.21. The predicted octanol–water partition coefficient (Wildman–Crippen LogP) is 2.44. The fourth-order valence-corrected chi connectivity index (χ4v) is 2.09. The summed E-state index contributed by atoms with van der Waals surface area (Å²) in [4.78, 5) is 11.2. The van der Waals surface area contributed by atoms with E-state index >= 15 is 0 Å². The Bertz CT molecular complexity index is 449. The van der Waals surface area contributed by atoms with Gasteiger partial charge in [0.05, 0.1) is 25.2 Å². The highest BCUT2D eigenvalue weighted by Gasteiger charge is 2.10. The Kier molecular flexibility index (Phi) is 4.74. The molecular formula is C12H12INO2. The number of methoxy groups -OCH3 is 1. The van der Waals surface area contributed by atoms with E-state index < -0.39 is 0 Å². The number of carbonyl (C=O) groups excluding carboxylic acids is 1. The predicted molar refractivity (Wildman–Crippen MR) is 69.0 cm³/mol. The van der Waals surface area contributed by atoms with E-state index in [1.54, 1.807) is 0 Å². The maximum Gasteiger partial charge on any atom is 0.310 e. The van der Waals surface area contributed by atoms with E-state index in [0.29, 0.717) is 5.56 Å². The van der Waals surface area contributed by atoms with Crippen molar-refractivity contribution in [2.75, 3.05) is 7.11 Å². The highest BCUT2D eigenvalue weighted by Crippen LogP contribution is 2.20. The molecule has 0 heterocycles. The number of carbonyl (C=O) groups is 1. The lowest BCUT2D eigenvalue weighted by atomic mass is 10.0. The van der Waals surface area contributed by atoms with E-state index in [2.05, 4.69) is 33.4 Å². The second-order valence-corrected chi connectivity index (χ2v) is 4.48. The molecule has 1 rings (SSSR count). The summed E-state index contributed by atoms with van der Waals surface area (Å²) in [7, 11) is 1.37. The first-order valence-corrected chi connectivity index (χ1v) is 5.98. The van der Waals surface area contributed by atoms with Crippen LogP contribution in [0.5, 0.6) is 0 Å². The van der Waals surface area contributed by atoms with Crippen LogP contribution >= 0.6 is 22.6 Å².